The van der Waals surface area contributed by atoms with Gasteiger partial charge in [0, 0.05) is 20.4 Å². The lowest BCUT2D eigenvalue weighted by Crippen LogP contribution is -2.68. The second kappa shape index (κ2) is 5.07. The normalized spacial score (nSPS) is 23.1. The van der Waals surface area contributed by atoms with Gasteiger partial charge in [-0.1, -0.05) is 30.3 Å². The van der Waals surface area contributed by atoms with Gasteiger partial charge in [0.05, 0.1) is 6.54 Å². The van der Waals surface area contributed by atoms with Crippen molar-refractivity contribution in [2.24, 2.45) is 0 Å². The van der Waals surface area contributed by atoms with Crippen molar-refractivity contribution in [3.05, 3.63) is 35.9 Å². The van der Waals surface area contributed by atoms with Crippen LogP contribution in [0.1, 0.15) is 19.4 Å². The molecule has 1 atom stereocenters. The first-order valence-corrected chi connectivity index (χ1v) is 6.49. The van der Waals surface area contributed by atoms with Crippen LogP contribution in [0.2, 0.25) is 0 Å². The highest BCUT2D eigenvalue weighted by Gasteiger charge is 2.49. The minimum absolute atomic E-state index is 0.0528. The molecule has 0 radical (unpaired) electrons. The highest BCUT2D eigenvalue weighted by molar-refractivity contribution is 6.06. The van der Waals surface area contributed by atoms with Gasteiger partial charge in [-0.15, -0.1) is 0 Å². The molecule has 1 aromatic rings. The molecule has 1 fully saturated rings. The number of carbonyl (C=O) groups is 3. The summed E-state index contributed by atoms with van der Waals surface area (Å²) in [5, 5.41) is 0. The van der Waals surface area contributed by atoms with Crippen LogP contribution in [0.3, 0.4) is 0 Å². The Kier molecular flexibility index (Phi) is 3.61. The Morgan fingerprint density at radius 2 is 1.85 bits per heavy atom. The molecule has 2 rings (SSSR count). The summed E-state index contributed by atoms with van der Waals surface area (Å²) in [5.41, 5.74) is -0.241. The molecule has 1 aliphatic rings. The quantitative estimate of drug-likeness (QED) is 0.803. The van der Waals surface area contributed by atoms with Crippen molar-refractivity contribution in [3.63, 3.8) is 0 Å². The van der Waals surface area contributed by atoms with Crippen molar-refractivity contribution in [3.8, 4) is 0 Å². The molecule has 0 bridgehead atoms. The van der Waals surface area contributed by atoms with Gasteiger partial charge < -0.3 is 4.90 Å². The minimum Gasteiger partial charge on any atom is -0.334 e. The van der Waals surface area contributed by atoms with Gasteiger partial charge >= 0.3 is 0 Å². The van der Waals surface area contributed by atoms with Crippen LogP contribution in [0.5, 0.6) is 0 Å². The lowest BCUT2D eigenvalue weighted by atomic mass is 9.87. The van der Waals surface area contributed by atoms with Crippen LogP contribution in [0, 0.1) is 0 Å². The third-order valence-corrected chi connectivity index (χ3v) is 3.63. The Hall–Kier alpha value is -2.17. The summed E-state index contributed by atoms with van der Waals surface area (Å²) in [6.07, 6.45) is 0.322. The highest BCUT2D eigenvalue weighted by atomic mass is 16.2. The maximum Gasteiger partial charge on any atom is 0.249 e. The Morgan fingerprint density at radius 3 is 2.40 bits per heavy atom. The Labute approximate surface area is 118 Å². The van der Waals surface area contributed by atoms with E-state index in [9.17, 15) is 14.4 Å². The highest BCUT2D eigenvalue weighted by Crippen LogP contribution is 2.27. The SMILES string of the molecule is CC(=O)N1C(=O)CN(C)C(=O)C1(C)Cc1ccccc1. The first kappa shape index (κ1) is 14.2. The zero-order chi connectivity index (χ0) is 14.9. The van der Waals surface area contributed by atoms with E-state index in [1.54, 1.807) is 14.0 Å². The van der Waals surface area contributed by atoms with E-state index in [-0.39, 0.29) is 18.4 Å². The van der Waals surface area contributed by atoms with Gasteiger partial charge in [0.2, 0.25) is 17.7 Å². The van der Waals surface area contributed by atoms with Gasteiger partial charge in [0.15, 0.2) is 0 Å². The summed E-state index contributed by atoms with van der Waals surface area (Å²) in [6.45, 7) is 2.92. The van der Waals surface area contributed by atoms with Crippen LogP contribution in [-0.2, 0) is 20.8 Å². The zero-order valence-corrected chi connectivity index (χ0v) is 11.9. The Balaban J connectivity index is 2.43. The molecule has 1 saturated heterocycles. The van der Waals surface area contributed by atoms with Gasteiger partial charge in [0.1, 0.15) is 5.54 Å². The van der Waals surface area contributed by atoms with E-state index < -0.39 is 11.4 Å². The largest absolute Gasteiger partial charge is 0.334 e. The molecule has 0 saturated carbocycles. The predicted octanol–water partition coefficient (Wildman–Crippen LogP) is 0.835. The fourth-order valence-electron chi connectivity index (χ4n) is 2.80. The minimum atomic E-state index is -1.16. The molecule has 20 heavy (non-hydrogen) atoms. The fourth-order valence-corrected chi connectivity index (χ4v) is 2.80. The molecule has 106 valence electrons. The van der Waals surface area contributed by atoms with E-state index in [0.717, 1.165) is 10.5 Å². The van der Waals surface area contributed by atoms with E-state index in [0.29, 0.717) is 6.42 Å². The number of imide groups is 1. The second-order valence-electron chi connectivity index (χ2n) is 5.35. The van der Waals surface area contributed by atoms with Crippen LogP contribution in [0.4, 0.5) is 0 Å². The first-order valence-electron chi connectivity index (χ1n) is 6.49. The van der Waals surface area contributed by atoms with Crippen LogP contribution >= 0.6 is 0 Å². The van der Waals surface area contributed by atoms with Crippen molar-refractivity contribution in [2.75, 3.05) is 13.6 Å². The van der Waals surface area contributed by atoms with Gasteiger partial charge in [0.25, 0.3) is 0 Å². The molecule has 0 aromatic heterocycles. The summed E-state index contributed by atoms with van der Waals surface area (Å²) in [4.78, 5) is 38.9. The number of benzene rings is 1. The Morgan fingerprint density at radius 1 is 1.25 bits per heavy atom. The van der Waals surface area contributed by atoms with Crippen molar-refractivity contribution in [1.82, 2.24) is 9.80 Å². The van der Waals surface area contributed by atoms with Crippen LogP contribution < -0.4 is 0 Å². The summed E-state index contributed by atoms with van der Waals surface area (Å²) in [6, 6.07) is 9.39. The molecule has 1 heterocycles. The average Bonchev–Trinajstić information content (AvgIpc) is 2.36. The van der Waals surface area contributed by atoms with Gasteiger partial charge in [-0.2, -0.15) is 0 Å². The maximum atomic E-state index is 12.5. The summed E-state index contributed by atoms with van der Waals surface area (Å²) in [5.74, 6) is -0.941. The van der Waals surface area contributed by atoms with Crippen molar-refractivity contribution in [1.29, 1.82) is 0 Å². The van der Waals surface area contributed by atoms with E-state index >= 15 is 0 Å². The average molecular weight is 274 g/mol. The molecule has 5 nitrogen and oxygen atoms in total. The lowest BCUT2D eigenvalue weighted by Gasteiger charge is -2.44. The zero-order valence-electron chi connectivity index (χ0n) is 11.9. The number of likely N-dealkylation sites (N-methyl/N-ethyl adjacent to an activating group) is 1. The lowest BCUT2D eigenvalue weighted by molar-refractivity contribution is -0.168. The number of nitrogens with zero attached hydrogens (tertiary/aromatic N) is 2. The molecular formula is C15H18N2O3. The third-order valence-electron chi connectivity index (χ3n) is 3.63. The van der Waals surface area contributed by atoms with Crippen molar-refractivity contribution < 1.29 is 14.4 Å². The van der Waals surface area contributed by atoms with Crippen molar-refractivity contribution >= 4 is 17.7 Å². The molecule has 1 unspecified atom stereocenters. The third kappa shape index (κ3) is 2.31. The fraction of sp³-hybridized carbons (Fsp3) is 0.400. The summed E-state index contributed by atoms with van der Waals surface area (Å²) < 4.78 is 0. The first-order chi connectivity index (χ1) is 9.36. The number of hydrogen-bond acceptors (Lipinski definition) is 3. The number of hydrogen-bond donors (Lipinski definition) is 0. The summed E-state index contributed by atoms with van der Waals surface area (Å²) in [7, 11) is 1.58. The van der Waals surface area contributed by atoms with Crippen molar-refractivity contribution in [2.45, 2.75) is 25.8 Å². The predicted molar refractivity (Wildman–Crippen MR) is 73.7 cm³/mol. The molecule has 5 heteroatoms. The van der Waals surface area contributed by atoms with Crippen LogP contribution in [0.25, 0.3) is 0 Å². The van der Waals surface area contributed by atoms with Gasteiger partial charge in [-0.3, -0.25) is 19.3 Å². The molecule has 1 aliphatic heterocycles. The van der Waals surface area contributed by atoms with E-state index in [1.165, 1.54) is 11.8 Å². The topological polar surface area (TPSA) is 57.7 Å². The van der Waals surface area contributed by atoms with E-state index in [4.69, 9.17) is 0 Å². The maximum absolute atomic E-state index is 12.5. The van der Waals surface area contributed by atoms with Crippen LogP contribution in [-0.4, -0.2) is 46.7 Å². The molecule has 0 N–H and O–H groups in total. The Bertz CT molecular complexity index is 555. The number of piperazine rings is 1. The van der Waals surface area contributed by atoms with E-state index in [1.807, 2.05) is 30.3 Å². The number of rotatable bonds is 2. The smallest absolute Gasteiger partial charge is 0.249 e. The molecular weight excluding hydrogens is 256 g/mol. The second-order valence-corrected chi connectivity index (χ2v) is 5.35. The molecule has 3 amide bonds. The monoisotopic (exact) mass is 274 g/mol. The summed E-state index contributed by atoms with van der Waals surface area (Å²) >= 11 is 0. The van der Waals surface area contributed by atoms with Gasteiger partial charge in [-0.05, 0) is 12.5 Å². The number of amides is 3. The molecule has 0 aliphatic carbocycles. The molecule has 0 spiro atoms. The molecule has 1 aromatic carbocycles. The van der Waals surface area contributed by atoms with E-state index in [2.05, 4.69) is 0 Å². The van der Waals surface area contributed by atoms with Crippen LogP contribution in [0.15, 0.2) is 30.3 Å². The number of carbonyl (C=O) groups excluding carboxylic acids is 3. The standard InChI is InChI=1S/C15H18N2O3/c1-11(18)17-13(19)10-16(3)14(20)15(17,2)9-12-7-5-4-6-8-12/h4-8H,9-10H2,1-3H3. The van der Waals surface area contributed by atoms with Gasteiger partial charge in [-0.25, -0.2) is 0 Å².